The number of alkyl halides is 3. The van der Waals surface area contributed by atoms with E-state index >= 15 is 0 Å². The summed E-state index contributed by atoms with van der Waals surface area (Å²) in [6.07, 6.45) is -4.94. The van der Waals surface area contributed by atoms with Crippen LogP contribution >= 0.6 is 0 Å². The number of halogens is 3. The molecule has 1 N–H and O–H groups in total. The number of nitrogens with zero attached hydrogens (tertiary/aromatic N) is 1. The molecule has 0 aromatic heterocycles. The molecule has 2 aromatic rings. The molecule has 11 heteroatoms. The zero-order valence-corrected chi connectivity index (χ0v) is 14.1. The minimum atomic E-state index is -4.94. The summed E-state index contributed by atoms with van der Waals surface area (Å²) in [5.74, 6) is -1.56. The van der Waals surface area contributed by atoms with E-state index < -0.39 is 53.1 Å². The number of nitro benzene ring substituents is 1. The Labute approximate surface area is 156 Å². The molecule has 0 spiro atoms. The zero-order valence-electron chi connectivity index (χ0n) is 14.1. The number of carbonyl (C=O) groups excluding carboxylic acids is 2. The second-order valence-corrected chi connectivity index (χ2v) is 5.30. The molecule has 0 saturated carbocycles. The lowest BCUT2D eigenvalue weighted by Gasteiger charge is -2.13. The Morgan fingerprint density at radius 2 is 1.75 bits per heavy atom. The molecule has 0 aliphatic rings. The Morgan fingerprint density at radius 3 is 2.36 bits per heavy atom. The summed E-state index contributed by atoms with van der Waals surface area (Å²) in [4.78, 5) is 32.9. The van der Waals surface area contributed by atoms with Gasteiger partial charge in [0, 0.05) is 12.1 Å². The van der Waals surface area contributed by atoms with Gasteiger partial charge in [-0.15, -0.1) is 0 Å². The van der Waals surface area contributed by atoms with Gasteiger partial charge in [-0.2, -0.15) is 13.2 Å². The third-order valence-electron chi connectivity index (χ3n) is 3.26. The molecule has 0 bridgehead atoms. The van der Waals surface area contributed by atoms with Gasteiger partial charge in [0.2, 0.25) is 0 Å². The van der Waals surface area contributed by atoms with Crippen LogP contribution in [0.3, 0.4) is 0 Å². The quantitative estimate of drug-likeness (QED) is 0.436. The van der Waals surface area contributed by atoms with Gasteiger partial charge in [0.1, 0.15) is 5.75 Å². The third-order valence-corrected chi connectivity index (χ3v) is 3.26. The molecule has 8 nitrogen and oxygen atoms in total. The Morgan fingerprint density at radius 1 is 1.07 bits per heavy atom. The van der Waals surface area contributed by atoms with Gasteiger partial charge in [-0.05, 0) is 18.2 Å². The van der Waals surface area contributed by atoms with Crippen molar-refractivity contribution in [3.63, 3.8) is 0 Å². The SMILES string of the molecule is O=C(COC(=O)COc1ccccc1)Nc1ccc([N+](=O)[O-])cc1C(F)(F)F. The van der Waals surface area contributed by atoms with E-state index in [1.54, 1.807) is 30.3 Å². The van der Waals surface area contributed by atoms with Crippen LogP contribution in [0.4, 0.5) is 24.5 Å². The molecule has 0 saturated heterocycles. The third kappa shape index (κ3) is 5.97. The van der Waals surface area contributed by atoms with Gasteiger partial charge in [-0.3, -0.25) is 14.9 Å². The first kappa shape index (κ1) is 20.7. The second-order valence-electron chi connectivity index (χ2n) is 5.30. The number of hydrogen-bond donors (Lipinski definition) is 1. The van der Waals surface area contributed by atoms with Gasteiger partial charge in [-0.25, -0.2) is 4.79 Å². The topological polar surface area (TPSA) is 108 Å². The highest BCUT2D eigenvalue weighted by Gasteiger charge is 2.35. The maximum atomic E-state index is 13.0. The number of nitro groups is 1. The van der Waals surface area contributed by atoms with Crippen molar-refractivity contribution >= 4 is 23.3 Å². The van der Waals surface area contributed by atoms with Crippen LogP contribution in [0.25, 0.3) is 0 Å². The van der Waals surface area contributed by atoms with Crippen LogP contribution in [0.2, 0.25) is 0 Å². The van der Waals surface area contributed by atoms with E-state index in [0.717, 1.165) is 12.1 Å². The number of nitrogens with one attached hydrogen (secondary N) is 1. The van der Waals surface area contributed by atoms with E-state index in [9.17, 15) is 32.9 Å². The Balaban J connectivity index is 1.93. The standard InChI is InChI=1S/C17H13F3N2O6/c18-17(19,20)13-8-11(22(25)26)6-7-14(13)21-15(23)9-28-16(24)10-27-12-4-2-1-3-5-12/h1-8H,9-10H2,(H,21,23). The fraction of sp³-hybridized carbons (Fsp3) is 0.176. The molecule has 0 fully saturated rings. The number of para-hydroxylation sites is 1. The van der Waals surface area contributed by atoms with Gasteiger partial charge < -0.3 is 14.8 Å². The lowest BCUT2D eigenvalue weighted by atomic mass is 10.1. The molecule has 0 aliphatic carbocycles. The molecule has 1 amide bonds. The normalized spacial score (nSPS) is 10.8. The fourth-order valence-corrected chi connectivity index (χ4v) is 2.02. The van der Waals surface area contributed by atoms with Crippen molar-refractivity contribution < 1.29 is 37.2 Å². The smallest absolute Gasteiger partial charge is 0.418 e. The zero-order chi connectivity index (χ0) is 20.7. The first-order chi connectivity index (χ1) is 13.2. The highest BCUT2D eigenvalue weighted by molar-refractivity contribution is 5.93. The number of hydrogen-bond acceptors (Lipinski definition) is 6. The summed E-state index contributed by atoms with van der Waals surface area (Å²) < 4.78 is 48.8. The molecular formula is C17H13F3N2O6. The van der Waals surface area contributed by atoms with Crippen LogP contribution in [0.1, 0.15) is 5.56 Å². The summed E-state index contributed by atoms with van der Waals surface area (Å²) in [6.45, 7) is -1.35. The minimum absolute atomic E-state index is 0.301. The first-order valence-electron chi connectivity index (χ1n) is 7.66. The van der Waals surface area contributed by atoms with E-state index in [4.69, 9.17) is 4.74 Å². The predicted molar refractivity (Wildman–Crippen MR) is 89.6 cm³/mol. The van der Waals surface area contributed by atoms with E-state index in [1.807, 2.05) is 5.32 Å². The average molecular weight is 398 g/mol. The molecule has 28 heavy (non-hydrogen) atoms. The number of anilines is 1. The Bertz CT molecular complexity index is 871. The van der Waals surface area contributed by atoms with Crippen LogP contribution in [0, 0.1) is 10.1 Å². The van der Waals surface area contributed by atoms with Crippen molar-refractivity contribution in [1.82, 2.24) is 0 Å². The number of non-ortho nitro benzene ring substituents is 1. The Hall–Kier alpha value is -3.63. The molecule has 0 unspecified atom stereocenters. The summed E-state index contributed by atoms with van der Waals surface area (Å²) in [5.41, 5.74) is -2.87. The number of amides is 1. The molecular weight excluding hydrogens is 385 g/mol. The maximum Gasteiger partial charge on any atom is 0.418 e. The largest absolute Gasteiger partial charge is 0.482 e. The van der Waals surface area contributed by atoms with E-state index in [0.29, 0.717) is 11.8 Å². The van der Waals surface area contributed by atoms with Crippen molar-refractivity contribution in [3.8, 4) is 5.75 Å². The summed E-state index contributed by atoms with van der Waals surface area (Å²) in [6, 6.07) is 10.1. The van der Waals surface area contributed by atoms with Gasteiger partial charge in [0.05, 0.1) is 16.2 Å². The molecule has 0 atom stereocenters. The number of esters is 1. The molecule has 0 aliphatic heterocycles. The minimum Gasteiger partial charge on any atom is -0.482 e. The number of ether oxygens (including phenoxy) is 2. The lowest BCUT2D eigenvalue weighted by Crippen LogP contribution is -2.24. The van der Waals surface area contributed by atoms with Crippen molar-refractivity contribution in [2.24, 2.45) is 0 Å². The first-order valence-corrected chi connectivity index (χ1v) is 7.66. The van der Waals surface area contributed by atoms with E-state index in [-0.39, 0.29) is 0 Å². The van der Waals surface area contributed by atoms with Crippen LogP contribution in [-0.4, -0.2) is 30.0 Å². The Kier molecular flexibility index (Phi) is 6.53. The summed E-state index contributed by atoms with van der Waals surface area (Å²) >= 11 is 0. The van der Waals surface area contributed by atoms with E-state index in [1.165, 1.54) is 0 Å². The van der Waals surface area contributed by atoms with Crippen molar-refractivity contribution in [2.45, 2.75) is 6.18 Å². The van der Waals surface area contributed by atoms with Crippen LogP contribution in [-0.2, 0) is 20.5 Å². The summed E-state index contributed by atoms with van der Waals surface area (Å²) in [5, 5.41) is 12.5. The molecule has 2 aromatic carbocycles. The van der Waals surface area contributed by atoms with E-state index in [2.05, 4.69) is 4.74 Å². The fourth-order valence-electron chi connectivity index (χ4n) is 2.02. The molecule has 0 heterocycles. The maximum absolute atomic E-state index is 13.0. The van der Waals surface area contributed by atoms with Gasteiger partial charge in [-0.1, -0.05) is 18.2 Å². The number of rotatable bonds is 7. The van der Waals surface area contributed by atoms with Crippen LogP contribution in [0.5, 0.6) is 5.75 Å². The van der Waals surface area contributed by atoms with Crippen molar-refractivity contribution in [3.05, 3.63) is 64.2 Å². The van der Waals surface area contributed by atoms with Gasteiger partial charge in [0.15, 0.2) is 13.2 Å². The van der Waals surface area contributed by atoms with Crippen LogP contribution in [0.15, 0.2) is 48.5 Å². The number of carbonyl (C=O) groups is 2. The highest BCUT2D eigenvalue weighted by Crippen LogP contribution is 2.37. The van der Waals surface area contributed by atoms with Crippen molar-refractivity contribution in [1.29, 1.82) is 0 Å². The van der Waals surface area contributed by atoms with Crippen molar-refractivity contribution in [2.75, 3.05) is 18.5 Å². The highest BCUT2D eigenvalue weighted by atomic mass is 19.4. The van der Waals surface area contributed by atoms with Gasteiger partial charge in [0.25, 0.3) is 11.6 Å². The number of benzene rings is 2. The molecule has 0 radical (unpaired) electrons. The second kappa shape index (κ2) is 8.84. The summed E-state index contributed by atoms with van der Waals surface area (Å²) in [7, 11) is 0. The predicted octanol–water partition coefficient (Wildman–Crippen LogP) is 3.17. The lowest BCUT2D eigenvalue weighted by molar-refractivity contribution is -0.385. The molecule has 2 rings (SSSR count). The average Bonchev–Trinajstić information content (AvgIpc) is 2.64. The van der Waals surface area contributed by atoms with Gasteiger partial charge >= 0.3 is 12.1 Å². The molecule has 148 valence electrons. The van der Waals surface area contributed by atoms with Crippen LogP contribution < -0.4 is 10.1 Å². The monoisotopic (exact) mass is 398 g/mol.